The Bertz CT molecular complexity index is 942. The van der Waals surface area contributed by atoms with Crippen LogP contribution < -0.4 is 16.4 Å². The highest BCUT2D eigenvalue weighted by Gasteiger charge is 2.11. The molecule has 2 aromatic carbocycles. The minimum absolute atomic E-state index is 0.236. The van der Waals surface area contributed by atoms with Crippen molar-refractivity contribution in [1.29, 1.82) is 5.26 Å². The first-order chi connectivity index (χ1) is 14.2. The molecule has 4 N–H and O–H groups in total. The van der Waals surface area contributed by atoms with Gasteiger partial charge in [-0.25, -0.2) is 4.98 Å². The average Bonchev–Trinajstić information content (AvgIpc) is 2.75. The van der Waals surface area contributed by atoms with Crippen LogP contribution in [0.4, 0.5) is 11.5 Å². The molecule has 0 unspecified atom stereocenters. The van der Waals surface area contributed by atoms with Gasteiger partial charge in [0.15, 0.2) is 0 Å². The highest BCUT2D eigenvalue weighted by atomic mass is 15.0. The molecule has 3 aromatic rings. The van der Waals surface area contributed by atoms with Crippen LogP contribution in [0.3, 0.4) is 0 Å². The van der Waals surface area contributed by atoms with Gasteiger partial charge in [-0.2, -0.15) is 5.26 Å². The first kappa shape index (κ1) is 20.4. The number of aryl methyl sites for hydroxylation is 1. The number of rotatable bonds is 9. The van der Waals surface area contributed by atoms with Gasteiger partial charge in [0.25, 0.3) is 0 Å². The molecule has 0 aliphatic rings. The van der Waals surface area contributed by atoms with Crippen LogP contribution in [0, 0.1) is 18.3 Å². The van der Waals surface area contributed by atoms with E-state index < -0.39 is 0 Å². The number of hydrogen-bond donors (Lipinski definition) is 3. The van der Waals surface area contributed by atoms with E-state index in [0.29, 0.717) is 11.4 Å². The summed E-state index contributed by atoms with van der Waals surface area (Å²) >= 11 is 0. The van der Waals surface area contributed by atoms with E-state index in [2.05, 4.69) is 52.9 Å². The lowest BCUT2D eigenvalue weighted by Gasteiger charge is -2.20. The fraction of sp³-hybridized carbons (Fsp3) is 0.250. The Balaban J connectivity index is 1.59. The first-order valence-electron chi connectivity index (χ1n) is 9.89. The maximum absolute atomic E-state index is 8.92. The number of nitriles is 1. The molecule has 0 amide bonds. The predicted molar refractivity (Wildman–Crippen MR) is 119 cm³/mol. The van der Waals surface area contributed by atoms with Gasteiger partial charge in [0.1, 0.15) is 5.82 Å². The number of anilines is 2. The molecule has 0 fully saturated rings. The molecule has 0 bridgehead atoms. The zero-order valence-corrected chi connectivity index (χ0v) is 16.7. The van der Waals surface area contributed by atoms with Crippen molar-refractivity contribution in [2.75, 3.05) is 24.1 Å². The van der Waals surface area contributed by atoms with Gasteiger partial charge < -0.3 is 16.4 Å². The van der Waals surface area contributed by atoms with Gasteiger partial charge in [0, 0.05) is 18.8 Å². The number of nitrogens with two attached hydrogens (primary N) is 1. The lowest BCUT2D eigenvalue weighted by molar-refractivity contribution is 0.514. The number of pyridine rings is 1. The van der Waals surface area contributed by atoms with Crippen molar-refractivity contribution in [2.24, 2.45) is 0 Å². The van der Waals surface area contributed by atoms with Gasteiger partial charge in [-0.15, -0.1) is 0 Å². The van der Waals surface area contributed by atoms with Crippen LogP contribution in [0.15, 0.2) is 66.9 Å². The molecule has 29 heavy (non-hydrogen) atoms. The topological polar surface area (TPSA) is 86.8 Å². The SMILES string of the molecule is Cc1ccc([C@H](CCNc2cccnc2N)NCCc2ccc(C#N)cc2)cc1. The standard InChI is InChI=1S/C24H27N5/c1-18-4-10-21(11-5-18)22(13-16-28-23-3-2-14-29-24(23)26)27-15-12-19-6-8-20(17-25)9-7-19/h2-11,14,22,27-28H,12-13,15-16H2,1H3,(H2,26,29)/t22-/m0/s1. The van der Waals surface area contributed by atoms with Gasteiger partial charge in [-0.05, 0) is 61.7 Å². The lowest BCUT2D eigenvalue weighted by atomic mass is 10.0. The normalized spacial score (nSPS) is 11.6. The third kappa shape index (κ3) is 6.06. The Morgan fingerprint density at radius 3 is 2.48 bits per heavy atom. The van der Waals surface area contributed by atoms with Crippen molar-refractivity contribution in [3.8, 4) is 6.07 Å². The summed E-state index contributed by atoms with van der Waals surface area (Å²) in [5.74, 6) is 0.521. The monoisotopic (exact) mass is 385 g/mol. The van der Waals surface area contributed by atoms with Crippen molar-refractivity contribution < 1.29 is 0 Å². The highest BCUT2D eigenvalue weighted by molar-refractivity contribution is 5.60. The predicted octanol–water partition coefficient (Wildman–Crippen LogP) is 4.22. The Morgan fingerprint density at radius 2 is 1.79 bits per heavy atom. The third-order valence-electron chi connectivity index (χ3n) is 4.95. The van der Waals surface area contributed by atoms with Crippen LogP contribution in [-0.2, 0) is 6.42 Å². The molecule has 1 atom stereocenters. The van der Waals surface area contributed by atoms with Crippen LogP contribution in [0.2, 0.25) is 0 Å². The second kappa shape index (κ2) is 10.3. The largest absolute Gasteiger partial charge is 0.382 e. The minimum atomic E-state index is 0.236. The molecule has 5 nitrogen and oxygen atoms in total. The average molecular weight is 386 g/mol. The van der Waals surface area contributed by atoms with E-state index in [9.17, 15) is 0 Å². The van der Waals surface area contributed by atoms with Crippen molar-refractivity contribution >= 4 is 11.5 Å². The summed E-state index contributed by atoms with van der Waals surface area (Å²) in [4.78, 5) is 4.12. The minimum Gasteiger partial charge on any atom is -0.382 e. The van der Waals surface area contributed by atoms with E-state index in [4.69, 9.17) is 11.0 Å². The summed E-state index contributed by atoms with van der Waals surface area (Å²) in [5, 5.41) is 16.0. The van der Waals surface area contributed by atoms with Crippen LogP contribution >= 0.6 is 0 Å². The molecule has 0 spiro atoms. The maximum Gasteiger partial charge on any atom is 0.146 e. The summed E-state index contributed by atoms with van der Waals surface area (Å²) in [6.07, 6.45) is 3.53. The molecule has 0 aliphatic carbocycles. The number of benzene rings is 2. The van der Waals surface area contributed by atoms with E-state index >= 15 is 0 Å². The first-order valence-corrected chi connectivity index (χ1v) is 9.89. The molecule has 0 saturated heterocycles. The molecule has 0 saturated carbocycles. The van der Waals surface area contributed by atoms with Crippen LogP contribution in [0.5, 0.6) is 0 Å². The second-order valence-corrected chi connectivity index (χ2v) is 7.13. The summed E-state index contributed by atoms with van der Waals surface area (Å²) in [5.41, 5.74) is 11.2. The molecule has 0 aliphatic heterocycles. The van der Waals surface area contributed by atoms with Crippen molar-refractivity contribution in [3.63, 3.8) is 0 Å². The van der Waals surface area contributed by atoms with E-state index in [1.165, 1.54) is 16.7 Å². The smallest absolute Gasteiger partial charge is 0.146 e. The summed E-state index contributed by atoms with van der Waals surface area (Å²) < 4.78 is 0. The number of hydrogen-bond acceptors (Lipinski definition) is 5. The van der Waals surface area contributed by atoms with Crippen LogP contribution in [0.25, 0.3) is 0 Å². The van der Waals surface area contributed by atoms with Gasteiger partial charge in [0.2, 0.25) is 0 Å². The zero-order chi connectivity index (χ0) is 20.5. The third-order valence-corrected chi connectivity index (χ3v) is 4.95. The van der Waals surface area contributed by atoms with Gasteiger partial charge in [-0.3, -0.25) is 0 Å². The summed E-state index contributed by atoms with van der Waals surface area (Å²) in [7, 11) is 0. The Labute approximate surface area is 172 Å². The van der Waals surface area contributed by atoms with Gasteiger partial charge in [-0.1, -0.05) is 42.0 Å². The van der Waals surface area contributed by atoms with E-state index in [-0.39, 0.29) is 6.04 Å². The van der Waals surface area contributed by atoms with E-state index in [1.807, 2.05) is 36.4 Å². The second-order valence-electron chi connectivity index (χ2n) is 7.13. The molecule has 1 heterocycles. The maximum atomic E-state index is 8.92. The fourth-order valence-corrected chi connectivity index (χ4v) is 3.24. The van der Waals surface area contributed by atoms with E-state index in [0.717, 1.165) is 31.6 Å². The van der Waals surface area contributed by atoms with Crippen molar-refractivity contribution in [1.82, 2.24) is 10.3 Å². The zero-order valence-electron chi connectivity index (χ0n) is 16.7. The van der Waals surface area contributed by atoms with Crippen molar-refractivity contribution in [3.05, 3.63) is 89.1 Å². The molecule has 0 radical (unpaired) electrons. The fourth-order valence-electron chi connectivity index (χ4n) is 3.24. The summed E-state index contributed by atoms with van der Waals surface area (Å²) in [6.45, 7) is 3.75. The number of nitrogens with zero attached hydrogens (tertiary/aromatic N) is 2. The Kier molecular flexibility index (Phi) is 7.21. The Hall–Kier alpha value is -3.36. The molecular formula is C24H27N5. The van der Waals surface area contributed by atoms with E-state index in [1.54, 1.807) is 6.20 Å². The summed E-state index contributed by atoms with van der Waals surface area (Å²) in [6, 6.07) is 22.7. The number of nitrogen functional groups attached to an aromatic ring is 1. The molecular weight excluding hydrogens is 358 g/mol. The molecule has 3 rings (SSSR count). The highest BCUT2D eigenvalue weighted by Crippen LogP contribution is 2.19. The van der Waals surface area contributed by atoms with Crippen LogP contribution in [-0.4, -0.2) is 18.1 Å². The molecule has 148 valence electrons. The van der Waals surface area contributed by atoms with Crippen molar-refractivity contribution in [2.45, 2.75) is 25.8 Å². The number of nitrogens with one attached hydrogen (secondary N) is 2. The quantitative estimate of drug-likeness (QED) is 0.513. The number of aromatic nitrogens is 1. The lowest BCUT2D eigenvalue weighted by Crippen LogP contribution is -2.26. The molecule has 1 aromatic heterocycles. The van der Waals surface area contributed by atoms with Gasteiger partial charge >= 0.3 is 0 Å². The van der Waals surface area contributed by atoms with Gasteiger partial charge in [0.05, 0.1) is 17.3 Å². The molecule has 5 heteroatoms. The van der Waals surface area contributed by atoms with Crippen LogP contribution in [0.1, 0.15) is 34.7 Å². The Morgan fingerprint density at radius 1 is 1.03 bits per heavy atom.